The molecule has 0 spiro atoms. The Morgan fingerprint density at radius 2 is 1.83 bits per heavy atom. The molecule has 0 fully saturated rings. The minimum atomic E-state index is 0.443. The lowest BCUT2D eigenvalue weighted by Gasteiger charge is -2.17. The molecule has 12 heavy (non-hydrogen) atoms. The number of rotatable bonds is 5. The van der Waals surface area contributed by atoms with Gasteiger partial charge in [0.2, 0.25) is 0 Å². The molecule has 0 bridgehead atoms. The van der Waals surface area contributed by atoms with Crippen molar-refractivity contribution in [2.45, 2.75) is 46.5 Å². The van der Waals surface area contributed by atoms with Crippen LogP contribution in [0.1, 0.15) is 46.5 Å². The summed E-state index contributed by atoms with van der Waals surface area (Å²) in [6, 6.07) is 0. The van der Waals surface area contributed by atoms with Crippen LogP contribution in [-0.4, -0.2) is 6.54 Å². The summed E-state index contributed by atoms with van der Waals surface area (Å²) in [5.41, 5.74) is 8.45. The van der Waals surface area contributed by atoms with Crippen LogP contribution in [0.3, 0.4) is 0 Å². The molecule has 0 aromatic carbocycles. The Balaban J connectivity index is 3.16. The maximum absolute atomic E-state index is 8.01. The van der Waals surface area contributed by atoms with Gasteiger partial charge in [-0.1, -0.05) is 38.7 Å². The van der Waals surface area contributed by atoms with Gasteiger partial charge in [0.1, 0.15) is 0 Å². The zero-order chi connectivity index (χ0) is 9.45. The molecule has 0 aliphatic heterocycles. The van der Waals surface area contributed by atoms with E-state index in [-0.39, 0.29) is 0 Å². The van der Waals surface area contributed by atoms with E-state index in [0.717, 1.165) is 6.42 Å². The molecule has 0 radical (unpaired) electrons. The first kappa shape index (κ1) is 11.3. The molecule has 0 aromatic heterocycles. The van der Waals surface area contributed by atoms with E-state index in [0.29, 0.717) is 12.0 Å². The zero-order valence-corrected chi connectivity index (χ0v) is 8.38. The molecule has 0 N–H and O–H groups in total. The fourth-order valence-electron chi connectivity index (χ4n) is 1.06. The van der Waals surface area contributed by atoms with Crippen molar-refractivity contribution in [3.8, 4) is 0 Å². The van der Waals surface area contributed by atoms with Crippen LogP contribution in [0.5, 0.6) is 0 Å². The van der Waals surface area contributed by atoms with Crippen LogP contribution in [0.2, 0.25) is 0 Å². The molecule has 3 heteroatoms. The van der Waals surface area contributed by atoms with Crippen molar-refractivity contribution in [1.82, 2.24) is 0 Å². The van der Waals surface area contributed by atoms with Gasteiger partial charge in [0.25, 0.3) is 0 Å². The van der Waals surface area contributed by atoms with Crippen LogP contribution in [0.4, 0.5) is 0 Å². The van der Waals surface area contributed by atoms with Crippen molar-refractivity contribution in [3.63, 3.8) is 0 Å². The molecule has 70 valence electrons. The van der Waals surface area contributed by atoms with Gasteiger partial charge in [-0.3, -0.25) is 0 Å². The third-order valence-electron chi connectivity index (χ3n) is 1.75. The Bertz CT molecular complexity index is 152. The molecule has 0 aliphatic rings. The topological polar surface area (TPSA) is 48.8 Å². The Morgan fingerprint density at radius 1 is 1.17 bits per heavy atom. The first-order chi connectivity index (χ1) is 5.56. The highest BCUT2D eigenvalue weighted by molar-refractivity contribution is 4.61. The van der Waals surface area contributed by atoms with Gasteiger partial charge in [-0.05, 0) is 23.8 Å². The predicted molar refractivity (Wildman–Crippen MR) is 51.9 cm³/mol. The first-order valence-electron chi connectivity index (χ1n) is 4.57. The Labute approximate surface area is 74.8 Å². The largest absolute Gasteiger partial charge is 0.0940 e. The van der Waals surface area contributed by atoms with Crippen LogP contribution >= 0.6 is 0 Å². The highest BCUT2D eigenvalue weighted by atomic mass is 15.1. The van der Waals surface area contributed by atoms with Gasteiger partial charge in [-0.2, -0.15) is 0 Å². The molecule has 0 saturated heterocycles. The van der Waals surface area contributed by atoms with E-state index in [1.165, 1.54) is 19.3 Å². The van der Waals surface area contributed by atoms with Crippen molar-refractivity contribution in [2.75, 3.05) is 6.54 Å². The maximum atomic E-state index is 8.01. The van der Waals surface area contributed by atoms with Crippen molar-refractivity contribution in [2.24, 2.45) is 10.5 Å². The minimum absolute atomic E-state index is 0.443. The fourth-order valence-corrected chi connectivity index (χ4v) is 1.06. The van der Waals surface area contributed by atoms with E-state index in [1.807, 2.05) is 0 Å². The first-order valence-corrected chi connectivity index (χ1v) is 4.57. The van der Waals surface area contributed by atoms with Crippen molar-refractivity contribution in [1.29, 1.82) is 0 Å². The number of hydrogen-bond acceptors (Lipinski definition) is 1. The smallest absolute Gasteiger partial charge is 0.0257 e. The number of unbranched alkanes of at least 4 members (excludes halogenated alkanes) is 2. The second-order valence-electron chi connectivity index (χ2n) is 4.33. The number of azide groups is 1. The van der Waals surface area contributed by atoms with Gasteiger partial charge in [-0.15, -0.1) is 0 Å². The number of nitrogens with zero attached hydrogens (tertiary/aromatic N) is 3. The molecular weight excluding hydrogens is 150 g/mol. The lowest BCUT2D eigenvalue weighted by Crippen LogP contribution is -2.03. The molecular formula is C9H19N3. The fraction of sp³-hybridized carbons (Fsp3) is 1.00. The van der Waals surface area contributed by atoms with Crippen molar-refractivity contribution >= 4 is 0 Å². The van der Waals surface area contributed by atoms with Gasteiger partial charge in [0.05, 0.1) is 0 Å². The molecule has 0 atom stereocenters. The van der Waals surface area contributed by atoms with E-state index < -0.39 is 0 Å². The van der Waals surface area contributed by atoms with Crippen molar-refractivity contribution < 1.29 is 0 Å². The summed E-state index contributed by atoms with van der Waals surface area (Å²) in [6.07, 6.45) is 4.70. The molecule has 0 aromatic rings. The standard InChI is InChI=1S/C9H19N3/c1-9(2,3)7-5-4-6-8-11-12-10/h4-8H2,1-3H3. The number of hydrogen-bond donors (Lipinski definition) is 0. The van der Waals surface area contributed by atoms with Gasteiger partial charge in [0, 0.05) is 11.5 Å². The third kappa shape index (κ3) is 9.31. The van der Waals surface area contributed by atoms with Gasteiger partial charge >= 0.3 is 0 Å². The summed E-state index contributed by atoms with van der Waals surface area (Å²) in [5, 5.41) is 3.49. The summed E-state index contributed by atoms with van der Waals surface area (Å²) < 4.78 is 0. The lowest BCUT2D eigenvalue weighted by molar-refractivity contribution is 0.358. The van der Waals surface area contributed by atoms with Crippen LogP contribution in [0, 0.1) is 5.41 Å². The second kappa shape index (κ2) is 5.90. The molecule has 0 heterocycles. The Hall–Kier alpha value is -0.690. The van der Waals surface area contributed by atoms with Crippen LogP contribution in [0.25, 0.3) is 10.4 Å². The molecule has 0 amide bonds. The summed E-state index contributed by atoms with van der Waals surface area (Å²) in [7, 11) is 0. The van der Waals surface area contributed by atoms with E-state index in [4.69, 9.17) is 5.53 Å². The second-order valence-corrected chi connectivity index (χ2v) is 4.33. The molecule has 3 nitrogen and oxygen atoms in total. The third-order valence-corrected chi connectivity index (χ3v) is 1.75. The summed E-state index contributed by atoms with van der Waals surface area (Å²) in [4.78, 5) is 2.71. The summed E-state index contributed by atoms with van der Waals surface area (Å²) >= 11 is 0. The van der Waals surface area contributed by atoms with E-state index in [2.05, 4.69) is 30.8 Å². The average molecular weight is 169 g/mol. The Morgan fingerprint density at radius 3 is 2.33 bits per heavy atom. The molecule has 0 unspecified atom stereocenters. The summed E-state index contributed by atoms with van der Waals surface area (Å²) in [6.45, 7) is 7.40. The van der Waals surface area contributed by atoms with Crippen LogP contribution < -0.4 is 0 Å². The lowest BCUT2D eigenvalue weighted by atomic mass is 9.89. The van der Waals surface area contributed by atoms with Crippen molar-refractivity contribution in [3.05, 3.63) is 10.4 Å². The highest BCUT2D eigenvalue weighted by Gasteiger charge is 2.08. The minimum Gasteiger partial charge on any atom is -0.0940 e. The SMILES string of the molecule is CC(C)(C)CCCCCN=[N+]=[N-]. The predicted octanol–water partition coefficient (Wildman–Crippen LogP) is 3.90. The van der Waals surface area contributed by atoms with E-state index in [1.54, 1.807) is 0 Å². The molecule has 0 rings (SSSR count). The normalized spacial score (nSPS) is 10.9. The maximum Gasteiger partial charge on any atom is 0.0257 e. The van der Waals surface area contributed by atoms with Crippen LogP contribution in [-0.2, 0) is 0 Å². The highest BCUT2D eigenvalue weighted by Crippen LogP contribution is 2.21. The van der Waals surface area contributed by atoms with E-state index in [9.17, 15) is 0 Å². The molecule has 0 saturated carbocycles. The monoisotopic (exact) mass is 169 g/mol. The zero-order valence-electron chi connectivity index (χ0n) is 8.38. The summed E-state index contributed by atoms with van der Waals surface area (Å²) in [5.74, 6) is 0. The van der Waals surface area contributed by atoms with E-state index >= 15 is 0 Å². The quantitative estimate of drug-likeness (QED) is 0.259. The van der Waals surface area contributed by atoms with Gasteiger partial charge < -0.3 is 0 Å². The Kier molecular flexibility index (Phi) is 5.56. The van der Waals surface area contributed by atoms with Gasteiger partial charge in [-0.25, -0.2) is 0 Å². The van der Waals surface area contributed by atoms with Crippen LogP contribution in [0.15, 0.2) is 5.11 Å². The van der Waals surface area contributed by atoms with Gasteiger partial charge in [0.15, 0.2) is 0 Å². The average Bonchev–Trinajstić information content (AvgIpc) is 1.94. The molecule has 0 aliphatic carbocycles.